The topological polar surface area (TPSA) is 114 Å². The Morgan fingerprint density at radius 3 is 2.66 bits per heavy atom. The van der Waals surface area contributed by atoms with E-state index in [4.69, 9.17) is 0 Å². The molecular weight excluding hydrogens is 374 g/mol. The van der Waals surface area contributed by atoms with Gasteiger partial charge < -0.3 is 20.7 Å². The van der Waals surface area contributed by atoms with E-state index in [2.05, 4.69) is 25.8 Å². The molecule has 2 heterocycles. The van der Waals surface area contributed by atoms with E-state index >= 15 is 0 Å². The van der Waals surface area contributed by atoms with Crippen LogP contribution in [0.15, 0.2) is 36.7 Å². The summed E-state index contributed by atoms with van der Waals surface area (Å²) in [6.45, 7) is 1.54. The molecule has 2 atom stereocenters. The summed E-state index contributed by atoms with van der Waals surface area (Å²) in [6, 6.07) is 6.65. The highest BCUT2D eigenvalue weighted by atomic mass is 16.5. The molecule has 3 rings (SSSR count). The third kappa shape index (κ3) is 5.20. The quantitative estimate of drug-likeness (QED) is 0.589. The van der Waals surface area contributed by atoms with Gasteiger partial charge in [-0.3, -0.25) is 19.1 Å². The molecule has 0 saturated carbocycles. The normalized spacial score (nSPS) is 18.3. The molecule has 1 fully saturated rings. The lowest BCUT2D eigenvalue weighted by Gasteiger charge is -2.17. The van der Waals surface area contributed by atoms with Crippen molar-refractivity contribution in [3.8, 4) is 0 Å². The number of methoxy groups -OCH3 is 1. The van der Waals surface area contributed by atoms with Gasteiger partial charge in [-0.05, 0) is 29.8 Å². The summed E-state index contributed by atoms with van der Waals surface area (Å²) < 4.78 is 6.26. The minimum atomic E-state index is -0.380. The fourth-order valence-electron chi connectivity index (χ4n) is 3.36. The Morgan fingerprint density at radius 1 is 1.24 bits per heavy atom. The number of anilines is 1. The zero-order valence-electron chi connectivity index (χ0n) is 16.5. The second-order valence-electron chi connectivity index (χ2n) is 6.97. The molecule has 29 heavy (non-hydrogen) atoms. The molecule has 154 valence electrons. The zero-order valence-corrected chi connectivity index (χ0v) is 16.5. The Hall–Kier alpha value is -3.20. The van der Waals surface area contributed by atoms with Gasteiger partial charge in [-0.25, -0.2) is 0 Å². The SMILES string of the molecule is COC(=O)CCNC(=O)c1ccc(NC(=O)[C@H]2CNC[C@@H]2c2cnn(C)c2)cc1. The van der Waals surface area contributed by atoms with Crippen LogP contribution < -0.4 is 16.0 Å². The molecule has 0 aliphatic carbocycles. The van der Waals surface area contributed by atoms with E-state index in [1.165, 1.54) is 7.11 Å². The Morgan fingerprint density at radius 2 is 2.00 bits per heavy atom. The van der Waals surface area contributed by atoms with E-state index in [-0.39, 0.29) is 42.6 Å². The summed E-state index contributed by atoms with van der Waals surface area (Å²) in [7, 11) is 3.16. The molecule has 1 saturated heterocycles. The van der Waals surface area contributed by atoms with Crippen LogP contribution in [0.5, 0.6) is 0 Å². The monoisotopic (exact) mass is 399 g/mol. The minimum Gasteiger partial charge on any atom is -0.469 e. The van der Waals surface area contributed by atoms with Gasteiger partial charge in [-0.2, -0.15) is 5.10 Å². The van der Waals surface area contributed by atoms with Crippen molar-refractivity contribution in [1.29, 1.82) is 0 Å². The number of carbonyl (C=O) groups is 3. The fourth-order valence-corrected chi connectivity index (χ4v) is 3.36. The third-order valence-electron chi connectivity index (χ3n) is 4.96. The van der Waals surface area contributed by atoms with Gasteiger partial charge in [0.15, 0.2) is 0 Å². The van der Waals surface area contributed by atoms with Crippen molar-refractivity contribution in [2.24, 2.45) is 13.0 Å². The first-order valence-electron chi connectivity index (χ1n) is 9.43. The van der Waals surface area contributed by atoms with E-state index in [0.717, 1.165) is 12.1 Å². The van der Waals surface area contributed by atoms with Gasteiger partial charge in [0.05, 0.1) is 25.6 Å². The van der Waals surface area contributed by atoms with Crippen LogP contribution in [-0.2, 0) is 21.4 Å². The number of hydrogen-bond acceptors (Lipinski definition) is 6. The number of nitrogens with zero attached hydrogens (tertiary/aromatic N) is 2. The lowest BCUT2D eigenvalue weighted by Crippen LogP contribution is -2.28. The van der Waals surface area contributed by atoms with E-state index in [1.54, 1.807) is 35.1 Å². The van der Waals surface area contributed by atoms with Gasteiger partial charge in [0.2, 0.25) is 5.91 Å². The third-order valence-corrected chi connectivity index (χ3v) is 4.96. The maximum Gasteiger partial charge on any atom is 0.307 e. The number of rotatable bonds is 7. The lowest BCUT2D eigenvalue weighted by atomic mass is 9.90. The van der Waals surface area contributed by atoms with Gasteiger partial charge >= 0.3 is 5.97 Å². The van der Waals surface area contributed by atoms with Crippen LogP contribution in [0.3, 0.4) is 0 Å². The van der Waals surface area contributed by atoms with Crippen molar-refractivity contribution in [1.82, 2.24) is 20.4 Å². The fraction of sp³-hybridized carbons (Fsp3) is 0.400. The number of carbonyl (C=O) groups excluding carboxylic acids is 3. The van der Waals surface area contributed by atoms with Crippen LogP contribution in [0.2, 0.25) is 0 Å². The number of hydrogen-bond donors (Lipinski definition) is 3. The van der Waals surface area contributed by atoms with Crippen molar-refractivity contribution < 1.29 is 19.1 Å². The molecule has 1 aliphatic heterocycles. The number of ether oxygens (including phenoxy) is 1. The lowest BCUT2D eigenvalue weighted by molar-refractivity contribution is -0.140. The van der Waals surface area contributed by atoms with Crippen LogP contribution in [0, 0.1) is 5.92 Å². The van der Waals surface area contributed by atoms with Crippen molar-refractivity contribution >= 4 is 23.5 Å². The Labute approximate surface area is 168 Å². The minimum absolute atomic E-state index is 0.0702. The Balaban J connectivity index is 1.55. The van der Waals surface area contributed by atoms with Crippen LogP contribution in [0.4, 0.5) is 5.69 Å². The van der Waals surface area contributed by atoms with Gasteiger partial charge in [-0.15, -0.1) is 0 Å². The zero-order chi connectivity index (χ0) is 20.8. The number of aromatic nitrogens is 2. The number of aryl methyl sites for hydroxylation is 1. The molecule has 1 aliphatic rings. The van der Waals surface area contributed by atoms with Crippen LogP contribution in [0.1, 0.15) is 28.3 Å². The summed E-state index contributed by atoms with van der Waals surface area (Å²) in [6.07, 6.45) is 3.85. The predicted molar refractivity (Wildman–Crippen MR) is 106 cm³/mol. The first kappa shape index (κ1) is 20.5. The molecular formula is C20H25N5O4. The van der Waals surface area contributed by atoms with Crippen molar-refractivity contribution in [3.05, 3.63) is 47.8 Å². The second kappa shape index (κ2) is 9.33. The standard InChI is InChI=1S/C20H25N5O4/c1-25-12-14(9-23-25)16-10-21-11-17(16)20(28)24-15-5-3-13(4-6-15)19(27)22-8-7-18(26)29-2/h3-6,9,12,16-17,21H,7-8,10-11H2,1-2H3,(H,22,27)(H,24,28)/t16-,17+/m1/s1. The maximum atomic E-state index is 12.8. The molecule has 9 heteroatoms. The molecule has 3 N–H and O–H groups in total. The first-order valence-corrected chi connectivity index (χ1v) is 9.43. The van der Waals surface area contributed by atoms with Gasteiger partial charge in [-0.1, -0.05) is 0 Å². The van der Waals surface area contributed by atoms with Gasteiger partial charge in [0.25, 0.3) is 5.91 Å². The Bertz CT molecular complexity index is 877. The maximum absolute atomic E-state index is 12.8. The van der Waals surface area contributed by atoms with Crippen molar-refractivity contribution in [2.75, 3.05) is 32.1 Å². The molecule has 1 aromatic heterocycles. The summed E-state index contributed by atoms with van der Waals surface area (Å²) >= 11 is 0. The number of nitrogens with one attached hydrogen (secondary N) is 3. The van der Waals surface area contributed by atoms with E-state index in [1.807, 2.05) is 13.2 Å². The largest absolute Gasteiger partial charge is 0.469 e. The Kier molecular flexibility index (Phi) is 6.61. The molecule has 0 bridgehead atoms. The van der Waals surface area contributed by atoms with Gasteiger partial charge in [0, 0.05) is 50.0 Å². The summed E-state index contributed by atoms with van der Waals surface area (Å²) in [4.78, 5) is 35.9. The van der Waals surface area contributed by atoms with E-state index in [9.17, 15) is 14.4 Å². The second-order valence-corrected chi connectivity index (χ2v) is 6.97. The molecule has 2 aromatic rings. The number of amides is 2. The predicted octanol–water partition coefficient (Wildman–Crippen LogP) is 0.655. The average Bonchev–Trinajstić information content (AvgIpc) is 3.37. The van der Waals surface area contributed by atoms with E-state index in [0.29, 0.717) is 17.8 Å². The van der Waals surface area contributed by atoms with Crippen LogP contribution >= 0.6 is 0 Å². The highest BCUT2D eigenvalue weighted by molar-refractivity contribution is 5.96. The van der Waals surface area contributed by atoms with Crippen LogP contribution in [-0.4, -0.2) is 54.3 Å². The summed E-state index contributed by atoms with van der Waals surface area (Å²) in [5, 5.41) is 13.0. The smallest absolute Gasteiger partial charge is 0.307 e. The van der Waals surface area contributed by atoms with Crippen molar-refractivity contribution in [3.63, 3.8) is 0 Å². The van der Waals surface area contributed by atoms with Crippen molar-refractivity contribution in [2.45, 2.75) is 12.3 Å². The summed E-state index contributed by atoms with van der Waals surface area (Å²) in [5.74, 6) is -0.860. The summed E-state index contributed by atoms with van der Waals surface area (Å²) in [5.41, 5.74) is 2.11. The van der Waals surface area contributed by atoms with E-state index < -0.39 is 0 Å². The number of benzene rings is 1. The molecule has 0 spiro atoms. The van der Waals surface area contributed by atoms with Crippen LogP contribution in [0.25, 0.3) is 0 Å². The highest BCUT2D eigenvalue weighted by Gasteiger charge is 2.34. The first-order chi connectivity index (χ1) is 14.0. The molecule has 0 unspecified atom stereocenters. The molecule has 9 nitrogen and oxygen atoms in total. The molecule has 0 radical (unpaired) electrons. The molecule has 1 aromatic carbocycles. The highest BCUT2D eigenvalue weighted by Crippen LogP contribution is 2.28. The number of esters is 1. The molecule has 2 amide bonds. The average molecular weight is 399 g/mol. The van der Waals surface area contributed by atoms with Gasteiger partial charge in [0.1, 0.15) is 0 Å².